The highest BCUT2D eigenvalue weighted by atomic mass is 35.5. The largest absolute Gasteiger partial charge is 0.382 e. The quantitative estimate of drug-likeness (QED) is 0.573. The lowest BCUT2D eigenvalue weighted by Crippen LogP contribution is -2.28. The Kier molecular flexibility index (Phi) is 5.98. The number of hydrogen-bond donors (Lipinski definition) is 1. The van der Waals surface area contributed by atoms with Crippen molar-refractivity contribution in [1.82, 2.24) is 9.78 Å². The molecule has 1 amide bonds. The molecule has 1 unspecified atom stereocenters. The highest BCUT2D eigenvalue weighted by Gasteiger charge is 2.30. The van der Waals surface area contributed by atoms with Gasteiger partial charge in [-0.1, -0.05) is 46.6 Å². The zero-order chi connectivity index (χ0) is 22.1. The Morgan fingerprint density at radius 2 is 1.94 bits per heavy atom. The van der Waals surface area contributed by atoms with E-state index in [1.54, 1.807) is 28.9 Å². The minimum Gasteiger partial charge on any atom is -0.382 e. The Hall–Kier alpha value is -2.90. The van der Waals surface area contributed by atoms with Crippen LogP contribution in [-0.2, 0) is 16.2 Å². The fourth-order valence-electron chi connectivity index (χ4n) is 3.38. The number of carbonyl (C=O) groups is 1. The van der Waals surface area contributed by atoms with E-state index >= 15 is 0 Å². The fourth-order valence-corrected chi connectivity index (χ4v) is 3.70. The maximum Gasteiger partial charge on any atom is 0.268 e. The number of benzene rings is 2. The predicted molar refractivity (Wildman–Crippen MR) is 118 cm³/mol. The van der Waals surface area contributed by atoms with Gasteiger partial charge < -0.3 is 10.2 Å². The Bertz CT molecular complexity index is 1170. The lowest BCUT2D eigenvalue weighted by atomic mass is 10.0. The second-order valence-corrected chi connectivity index (χ2v) is 8.10. The van der Waals surface area contributed by atoms with Gasteiger partial charge in [0.1, 0.15) is 5.82 Å². The minimum absolute atomic E-state index is 0.299. The van der Waals surface area contributed by atoms with E-state index in [9.17, 15) is 9.18 Å². The summed E-state index contributed by atoms with van der Waals surface area (Å²) in [5, 5.41) is 12.4. The van der Waals surface area contributed by atoms with Crippen molar-refractivity contribution in [2.75, 3.05) is 5.32 Å². The predicted octanol–water partition coefficient (Wildman–Crippen LogP) is 5.13. The third-order valence-electron chi connectivity index (χ3n) is 5.08. The van der Waals surface area contributed by atoms with Crippen LogP contribution in [0.3, 0.4) is 0 Å². The van der Waals surface area contributed by atoms with E-state index in [-0.39, 0.29) is 11.7 Å². The maximum absolute atomic E-state index is 13.1. The van der Waals surface area contributed by atoms with Crippen molar-refractivity contribution >= 4 is 40.5 Å². The number of aryl methyl sites for hydroxylation is 1. The number of nitrogens with one attached hydrogen (secondary N) is 1. The van der Waals surface area contributed by atoms with Crippen LogP contribution in [0.2, 0.25) is 10.0 Å². The van der Waals surface area contributed by atoms with Gasteiger partial charge in [-0.3, -0.25) is 9.48 Å². The zero-order valence-corrected chi connectivity index (χ0v) is 18.3. The molecular weight excluding hydrogens is 442 g/mol. The van der Waals surface area contributed by atoms with Crippen molar-refractivity contribution in [3.63, 3.8) is 0 Å². The van der Waals surface area contributed by atoms with Gasteiger partial charge in [-0.15, -0.1) is 0 Å². The van der Waals surface area contributed by atoms with E-state index < -0.39 is 6.10 Å². The molecule has 2 aromatic carbocycles. The molecule has 0 radical (unpaired) electrons. The van der Waals surface area contributed by atoms with Crippen LogP contribution < -0.4 is 5.32 Å². The molecule has 9 heteroatoms. The molecular formula is C22H19Cl2FN4O2. The molecule has 0 bridgehead atoms. The van der Waals surface area contributed by atoms with Gasteiger partial charge in [-0.25, -0.2) is 4.39 Å². The molecule has 0 fully saturated rings. The highest BCUT2D eigenvalue weighted by Crippen LogP contribution is 2.26. The van der Waals surface area contributed by atoms with E-state index in [1.807, 2.05) is 19.9 Å². The van der Waals surface area contributed by atoms with Crippen LogP contribution in [0.25, 0.3) is 0 Å². The highest BCUT2D eigenvalue weighted by molar-refractivity contribution is 6.42. The minimum atomic E-state index is -0.766. The van der Waals surface area contributed by atoms with Gasteiger partial charge in [0.25, 0.3) is 5.91 Å². The van der Waals surface area contributed by atoms with Gasteiger partial charge >= 0.3 is 0 Å². The summed E-state index contributed by atoms with van der Waals surface area (Å²) in [7, 11) is 0. The van der Waals surface area contributed by atoms with Gasteiger partial charge in [-0.05, 0) is 49.2 Å². The first kappa shape index (κ1) is 21.3. The summed E-state index contributed by atoms with van der Waals surface area (Å²) in [5.41, 5.74) is 4.37. The van der Waals surface area contributed by atoms with Crippen molar-refractivity contribution in [1.29, 1.82) is 0 Å². The van der Waals surface area contributed by atoms with E-state index in [4.69, 9.17) is 28.0 Å². The summed E-state index contributed by atoms with van der Waals surface area (Å²) in [6.07, 6.45) is -0.468. The second-order valence-electron chi connectivity index (χ2n) is 7.28. The standard InChI is InChI=1S/C22H19Cl2FN4O2/c1-12-21(13(2)29(27-12)11-14-3-8-17(23)18(24)9-14)26-22(30)20-10-19(28-31-20)15-4-6-16(25)7-5-15/h3-9,20H,10-11H2,1-2H3,(H,26,30). The number of oxime groups is 1. The van der Waals surface area contributed by atoms with Crippen LogP contribution in [0.15, 0.2) is 47.6 Å². The number of rotatable bonds is 5. The number of amides is 1. The number of halogens is 3. The molecule has 0 aliphatic carbocycles. The smallest absolute Gasteiger partial charge is 0.268 e. The molecule has 2 heterocycles. The van der Waals surface area contributed by atoms with E-state index in [0.29, 0.717) is 40.1 Å². The van der Waals surface area contributed by atoms with Crippen LogP contribution in [0.5, 0.6) is 0 Å². The first-order chi connectivity index (χ1) is 14.8. The van der Waals surface area contributed by atoms with Crippen LogP contribution >= 0.6 is 23.2 Å². The molecule has 1 atom stereocenters. The van der Waals surface area contributed by atoms with E-state index in [1.165, 1.54) is 12.1 Å². The molecule has 1 aromatic heterocycles. The van der Waals surface area contributed by atoms with E-state index in [2.05, 4.69) is 15.6 Å². The van der Waals surface area contributed by atoms with Crippen molar-refractivity contribution in [2.24, 2.45) is 5.16 Å². The first-order valence-electron chi connectivity index (χ1n) is 9.59. The SMILES string of the molecule is Cc1nn(Cc2ccc(Cl)c(Cl)c2)c(C)c1NC(=O)C1CC(c2ccc(F)cc2)=NO1. The lowest BCUT2D eigenvalue weighted by Gasteiger charge is -2.10. The Labute approximate surface area is 188 Å². The fraction of sp³-hybridized carbons (Fsp3) is 0.227. The number of carbonyl (C=O) groups excluding carboxylic acids is 1. The van der Waals surface area contributed by atoms with Gasteiger partial charge in [0, 0.05) is 6.42 Å². The average Bonchev–Trinajstić information content (AvgIpc) is 3.33. The molecule has 31 heavy (non-hydrogen) atoms. The lowest BCUT2D eigenvalue weighted by molar-refractivity contribution is -0.125. The van der Waals surface area contributed by atoms with Gasteiger partial charge in [-0.2, -0.15) is 5.10 Å². The summed E-state index contributed by atoms with van der Waals surface area (Å²) >= 11 is 12.1. The number of hydrogen-bond acceptors (Lipinski definition) is 4. The maximum atomic E-state index is 13.1. The zero-order valence-electron chi connectivity index (χ0n) is 16.8. The number of nitrogens with zero attached hydrogens (tertiary/aromatic N) is 3. The molecule has 160 valence electrons. The topological polar surface area (TPSA) is 68.5 Å². The van der Waals surface area contributed by atoms with Crippen molar-refractivity contribution in [2.45, 2.75) is 32.9 Å². The molecule has 4 rings (SSSR count). The van der Waals surface area contributed by atoms with Crippen molar-refractivity contribution in [3.05, 3.63) is 80.8 Å². The van der Waals surface area contributed by atoms with Crippen LogP contribution in [0.1, 0.15) is 28.9 Å². The molecule has 1 N–H and O–H groups in total. The molecule has 3 aromatic rings. The summed E-state index contributed by atoms with van der Waals surface area (Å²) in [6.45, 7) is 4.18. The van der Waals surface area contributed by atoms with Crippen LogP contribution in [0, 0.1) is 19.7 Å². The normalized spacial score (nSPS) is 15.5. The first-order valence-corrected chi connectivity index (χ1v) is 10.3. The molecule has 0 saturated heterocycles. The summed E-state index contributed by atoms with van der Waals surface area (Å²) in [5.74, 6) is -0.650. The summed E-state index contributed by atoms with van der Waals surface area (Å²) in [4.78, 5) is 18.1. The summed E-state index contributed by atoms with van der Waals surface area (Å²) < 4.78 is 14.9. The second kappa shape index (κ2) is 8.69. The molecule has 6 nitrogen and oxygen atoms in total. The monoisotopic (exact) mass is 460 g/mol. The Balaban J connectivity index is 1.44. The summed E-state index contributed by atoms with van der Waals surface area (Å²) in [6, 6.07) is 11.3. The van der Waals surface area contributed by atoms with E-state index in [0.717, 1.165) is 16.8 Å². The van der Waals surface area contributed by atoms with Gasteiger partial charge in [0.05, 0.1) is 39.4 Å². The van der Waals surface area contributed by atoms with Crippen molar-refractivity contribution < 1.29 is 14.0 Å². The molecule has 0 spiro atoms. The van der Waals surface area contributed by atoms with Gasteiger partial charge in [0.15, 0.2) is 0 Å². The Morgan fingerprint density at radius 3 is 2.65 bits per heavy atom. The average molecular weight is 461 g/mol. The molecule has 1 aliphatic heterocycles. The molecule has 0 saturated carbocycles. The third-order valence-corrected chi connectivity index (χ3v) is 5.82. The molecule has 1 aliphatic rings. The number of anilines is 1. The Morgan fingerprint density at radius 1 is 1.19 bits per heavy atom. The third kappa shape index (κ3) is 4.57. The van der Waals surface area contributed by atoms with Crippen LogP contribution in [-0.4, -0.2) is 27.5 Å². The van der Waals surface area contributed by atoms with Gasteiger partial charge in [0.2, 0.25) is 6.10 Å². The van der Waals surface area contributed by atoms with Crippen molar-refractivity contribution in [3.8, 4) is 0 Å². The van der Waals surface area contributed by atoms with Crippen LogP contribution in [0.4, 0.5) is 10.1 Å². The number of aromatic nitrogens is 2.